The zero-order chi connectivity index (χ0) is 26.0. The van der Waals surface area contributed by atoms with Crippen LogP contribution in [0.15, 0.2) is 52.2 Å². The summed E-state index contributed by atoms with van der Waals surface area (Å²) >= 11 is 0. The second kappa shape index (κ2) is 13.8. The fourth-order valence-corrected chi connectivity index (χ4v) is 4.09. The van der Waals surface area contributed by atoms with E-state index in [0.29, 0.717) is 13.2 Å². The van der Waals surface area contributed by atoms with Crippen molar-refractivity contribution < 1.29 is 28.4 Å². The molecule has 0 aliphatic carbocycles. The minimum absolute atomic E-state index is 0.136. The van der Waals surface area contributed by atoms with E-state index in [4.69, 9.17) is 18.9 Å². The quantitative estimate of drug-likeness (QED) is 0.369. The topological polar surface area (TPSA) is 101 Å². The summed E-state index contributed by atoms with van der Waals surface area (Å²) in [5.41, 5.74) is -2.00. The van der Waals surface area contributed by atoms with Crippen LogP contribution in [0, 0.1) is 0 Å². The Labute approximate surface area is 210 Å². The molecule has 1 N–H and O–H groups in total. The predicted molar refractivity (Wildman–Crippen MR) is 131 cm³/mol. The largest absolute Gasteiger partial charge is 0.386 e. The number of alkyl halides is 1. The first-order valence-electron chi connectivity index (χ1n) is 12.5. The van der Waals surface area contributed by atoms with E-state index in [1.54, 1.807) is 0 Å². The van der Waals surface area contributed by atoms with E-state index in [-0.39, 0.29) is 19.9 Å². The summed E-state index contributed by atoms with van der Waals surface area (Å²) in [7, 11) is 0. The molecule has 1 aromatic heterocycles. The number of aliphatic hydroxyl groups excluding tert-OH is 1. The van der Waals surface area contributed by atoms with E-state index < -0.39 is 42.0 Å². The van der Waals surface area contributed by atoms with Crippen molar-refractivity contribution in [3.8, 4) is 0 Å². The lowest BCUT2D eigenvalue weighted by Gasteiger charge is -2.31. The van der Waals surface area contributed by atoms with E-state index >= 15 is 0 Å². The SMILES string of the molecule is CCCCOC[C@@]1(CF)O[C@@H](n2ccc(=O)n(COCc3ccccc3)c2=O)[C@H](O)[C@@H]1OCCCC. The smallest absolute Gasteiger partial charge is 0.335 e. The van der Waals surface area contributed by atoms with E-state index in [9.17, 15) is 19.1 Å². The maximum absolute atomic E-state index is 14.5. The Bertz CT molecular complexity index is 1040. The molecule has 1 aliphatic heterocycles. The summed E-state index contributed by atoms with van der Waals surface area (Å²) in [6.07, 6.45) is 0.838. The maximum atomic E-state index is 14.5. The molecule has 1 saturated heterocycles. The molecular formula is C26H37FN2O7. The van der Waals surface area contributed by atoms with Gasteiger partial charge in [0.15, 0.2) is 11.8 Å². The summed E-state index contributed by atoms with van der Waals surface area (Å²) in [4.78, 5) is 25.6. The Kier molecular flexibility index (Phi) is 10.8. The van der Waals surface area contributed by atoms with Crippen molar-refractivity contribution in [3.05, 3.63) is 69.0 Å². The van der Waals surface area contributed by atoms with E-state index in [0.717, 1.165) is 40.4 Å². The molecule has 3 rings (SSSR count). The number of aliphatic hydroxyl groups is 1. The van der Waals surface area contributed by atoms with Crippen LogP contribution >= 0.6 is 0 Å². The lowest BCUT2D eigenvalue weighted by atomic mass is 9.97. The molecule has 0 unspecified atom stereocenters. The van der Waals surface area contributed by atoms with Gasteiger partial charge in [-0.25, -0.2) is 13.8 Å². The van der Waals surface area contributed by atoms with Crippen LogP contribution in [-0.4, -0.2) is 58.5 Å². The van der Waals surface area contributed by atoms with Gasteiger partial charge in [-0.05, 0) is 18.4 Å². The fourth-order valence-electron chi connectivity index (χ4n) is 4.09. The third-order valence-electron chi connectivity index (χ3n) is 6.19. The van der Waals surface area contributed by atoms with Crippen molar-refractivity contribution in [2.24, 2.45) is 0 Å². The molecule has 0 spiro atoms. The van der Waals surface area contributed by atoms with Gasteiger partial charge in [0.1, 0.15) is 25.6 Å². The van der Waals surface area contributed by atoms with E-state index in [1.807, 2.05) is 44.2 Å². The number of rotatable bonds is 15. The standard InChI is InChI=1S/C26H37FN2O7/c1-3-5-14-33-18-26(17-27)23(35-15-6-4-2)22(31)24(36-26)28-13-12-21(30)29(25(28)32)19-34-16-20-10-8-7-9-11-20/h7-13,22-24,31H,3-6,14-19H2,1-2H3/t22-,23+,24-,26-/m1/s1. The fraction of sp³-hybridized carbons (Fsp3) is 0.615. The molecule has 10 heteroatoms. The van der Waals surface area contributed by atoms with Crippen LogP contribution in [0.2, 0.25) is 0 Å². The maximum Gasteiger partial charge on any atom is 0.335 e. The summed E-state index contributed by atoms with van der Waals surface area (Å²) in [6, 6.07) is 10.5. The van der Waals surface area contributed by atoms with Gasteiger partial charge in [-0.2, -0.15) is 0 Å². The molecular weight excluding hydrogens is 471 g/mol. The summed E-state index contributed by atoms with van der Waals surface area (Å²) in [5.74, 6) is 0. The highest BCUT2D eigenvalue weighted by molar-refractivity contribution is 5.13. The molecule has 0 amide bonds. The first kappa shape index (κ1) is 28.2. The molecule has 9 nitrogen and oxygen atoms in total. The number of unbranched alkanes of at least 4 members (excludes halogenated alkanes) is 2. The number of benzene rings is 1. The third-order valence-corrected chi connectivity index (χ3v) is 6.19. The van der Waals surface area contributed by atoms with Gasteiger partial charge >= 0.3 is 5.69 Å². The van der Waals surface area contributed by atoms with Gasteiger partial charge < -0.3 is 24.1 Å². The van der Waals surface area contributed by atoms with Crippen LogP contribution in [0.5, 0.6) is 0 Å². The second-order valence-corrected chi connectivity index (χ2v) is 8.98. The average Bonchev–Trinajstić information content (AvgIpc) is 3.16. The van der Waals surface area contributed by atoms with Gasteiger partial charge in [-0.3, -0.25) is 9.36 Å². The van der Waals surface area contributed by atoms with Crippen molar-refractivity contribution in [2.75, 3.05) is 26.5 Å². The number of aromatic nitrogens is 2. The highest BCUT2D eigenvalue weighted by atomic mass is 19.1. The van der Waals surface area contributed by atoms with Crippen LogP contribution in [0.25, 0.3) is 0 Å². The molecule has 2 heterocycles. The Morgan fingerprint density at radius 2 is 1.78 bits per heavy atom. The first-order valence-corrected chi connectivity index (χ1v) is 12.5. The molecule has 0 radical (unpaired) electrons. The van der Waals surface area contributed by atoms with Crippen molar-refractivity contribution in [2.45, 2.75) is 76.9 Å². The Balaban J connectivity index is 1.83. The van der Waals surface area contributed by atoms with Crippen molar-refractivity contribution in [1.29, 1.82) is 0 Å². The molecule has 2 aromatic rings. The molecule has 0 saturated carbocycles. The Morgan fingerprint density at radius 1 is 1.06 bits per heavy atom. The summed E-state index contributed by atoms with van der Waals surface area (Å²) < 4.78 is 39.6. The van der Waals surface area contributed by atoms with Gasteiger partial charge in [0, 0.05) is 25.5 Å². The van der Waals surface area contributed by atoms with Crippen LogP contribution in [-0.2, 0) is 32.3 Å². The van der Waals surface area contributed by atoms with Gasteiger partial charge in [0.05, 0.1) is 13.2 Å². The summed E-state index contributed by atoms with van der Waals surface area (Å²) in [6.45, 7) is 3.52. The van der Waals surface area contributed by atoms with Gasteiger partial charge in [0.2, 0.25) is 0 Å². The lowest BCUT2D eigenvalue weighted by molar-refractivity contribution is -0.161. The predicted octanol–water partition coefficient (Wildman–Crippen LogP) is 2.78. The minimum atomic E-state index is -1.59. The Hall–Kier alpha value is -2.37. The number of nitrogens with zero attached hydrogens (tertiary/aromatic N) is 2. The minimum Gasteiger partial charge on any atom is -0.386 e. The first-order chi connectivity index (χ1) is 17.5. The second-order valence-electron chi connectivity index (χ2n) is 8.98. The van der Waals surface area contributed by atoms with Crippen LogP contribution in [0.3, 0.4) is 0 Å². The van der Waals surface area contributed by atoms with E-state index in [1.165, 1.54) is 12.3 Å². The highest BCUT2D eigenvalue weighted by Crippen LogP contribution is 2.39. The van der Waals surface area contributed by atoms with Crippen LogP contribution in [0.1, 0.15) is 51.3 Å². The van der Waals surface area contributed by atoms with Crippen molar-refractivity contribution in [1.82, 2.24) is 9.13 Å². The zero-order valence-corrected chi connectivity index (χ0v) is 21.0. The van der Waals surface area contributed by atoms with E-state index in [2.05, 4.69) is 0 Å². The van der Waals surface area contributed by atoms with Crippen LogP contribution in [0.4, 0.5) is 4.39 Å². The third kappa shape index (κ3) is 6.68. The number of hydrogen-bond acceptors (Lipinski definition) is 7. The highest BCUT2D eigenvalue weighted by Gasteiger charge is 2.57. The molecule has 1 aliphatic rings. The average molecular weight is 509 g/mol. The zero-order valence-electron chi connectivity index (χ0n) is 21.0. The number of halogens is 1. The molecule has 1 aromatic carbocycles. The molecule has 36 heavy (non-hydrogen) atoms. The van der Waals surface area contributed by atoms with Crippen molar-refractivity contribution in [3.63, 3.8) is 0 Å². The molecule has 4 atom stereocenters. The summed E-state index contributed by atoms with van der Waals surface area (Å²) in [5, 5.41) is 11.1. The Morgan fingerprint density at radius 3 is 2.47 bits per heavy atom. The lowest BCUT2D eigenvalue weighted by Crippen LogP contribution is -2.50. The molecule has 1 fully saturated rings. The monoisotopic (exact) mass is 508 g/mol. The normalized spacial score (nSPS) is 23.8. The van der Waals surface area contributed by atoms with Gasteiger partial charge in [0.25, 0.3) is 5.56 Å². The number of hydrogen-bond donors (Lipinski definition) is 1. The van der Waals surface area contributed by atoms with Crippen LogP contribution < -0.4 is 11.2 Å². The van der Waals surface area contributed by atoms with Crippen molar-refractivity contribution >= 4 is 0 Å². The number of ether oxygens (including phenoxy) is 4. The molecule has 200 valence electrons. The molecule has 0 bridgehead atoms. The van der Waals surface area contributed by atoms with Gasteiger partial charge in [-0.15, -0.1) is 0 Å². The van der Waals surface area contributed by atoms with Gasteiger partial charge in [-0.1, -0.05) is 57.0 Å².